The van der Waals surface area contributed by atoms with Crippen LogP contribution in [0.3, 0.4) is 0 Å². The van der Waals surface area contributed by atoms with E-state index in [-0.39, 0.29) is 17.3 Å². The van der Waals surface area contributed by atoms with Gasteiger partial charge in [-0.1, -0.05) is 11.8 Å². The molecule has 10 heteroatoms. The number of carboxylic acid groups (broad SMARTS) is 1. The highest BCUT2D eigenvalue weighted by atomic mass is 19.4. The van der Waals surface area contributed by atoms with E-state index in [9.17, 15) is 35.9 Å². The number of halogens is 6. The monoisotopic (exact) mass is 401 g/mol. The predicted molar refractivity (Wildman–Crippen MR) is 85.1 cm³/mol. The van der Waals surface area contributed by atoms with Crippen LogP contribution in [0.1, 0.15) is 22.3 Å². The molecule has 0 atom stereocenters. The number of hydrogen-bond acceptors (Lipinski definition) is 2. The Morgan fingerprint density at radius 3 is 1.96 bits per heavy atom. The van der Waals surface area contributed by atoms with Crippen molar-refractivity contribution < 1.29 is 41.0 Å². The zero-order chi connectivity index (χ0) is 21.1. The van der Waals surface area contributed by atoms with E-state index in [0.717, 1.165) is 0 Å². The summed E-state index contributed by atoms with van der Waals surface area (Å²) in [5.74, 6) is 1.57. The van der Waals surface area contributed by atoms with E-state index in [4.69, 9.17) is 5.11 Å². The van der Waals surface area contributed by atoms with Crippen molar-refractivity contribution in [2.75, 3.05) is 5.32 Å². The molecule has 2 N–H and O–H groups in total. The first-order valence-electron chi connectivity index (χ1n) is 7.33. The van der Waals surface area contributed by atoms with Crippen LogP contribution in [0.5, 0.6) is 0 Å². The van der Waals surface area contributed by atoms with Gasteiger partial charge in [0.05, 0.1) is 11.1 Å². The van der Waals surface area contributed by atoms with E-state index in [2.05, 4.69) is 11.8 Å². The number of carbonyl (C=O) groups excluding carboxylic acids is 1. The fourth-order valence-corrected chi connectivity index (χ4v) is 2.03. The Labute approximate surface area is 153 Å². The van der Waals surface area contributed by atoms with Gasteiger partial charge in [0.1, 0.15) is 0 Å². The normalized spacial score (nSPS) is 11.4. The summed E-state index contributed by atoms with van der Waals surface area (Å²) < 4.78 is 77.1. The van der Waals surface area contributed by atoms with Gasteiger partial charge in [0.25, 0.3) is 0 Å². The third kappa shape index (κ3) is 5.26. The maximum Gasteiger partial charge on any atom is 0.417 e. The molecule has 0 bridgehead atoms. The minimum Gasteiger partial charge on any atom is -0.474 e. The minimum atomic E-state index is -5.03. The lowest BCUT2D eigenvalue weighted by Crippen LogP contribution is -2.21. The molecule has 0 unspecified atom stereocenters. The number of benzene rings is 2. The Balaban J connectivity index is 2.33. The molecule has 0 saturated carbocycles. The molecule has 4 nitrogen and oxygen atoms in total. The number of aliphatic carboxylic acids is 1. The number of carbonyl (C=O) groups is 2. The molecular weight excluding hydrogens is 392 g/mol. The molecule has 0 spiro atoms. The average molecular weight is 401 g/mol. The Morgan fingerprint density at radius 2 is 1.46 bits per heavy atom. The fraction of sp³-hybridized carbons (Fsp3) is 0.111. The highest BCUT2D eigenvalue weighted by molar-refractivity contribution is 6.36. The summed E-state index contributed by atoms with van der Waals surface area (Å²) in [5.41, 5.74) is -3.28. The second kappa shape index (κ2) is 7.64. The van der Waals surface area contributed by atoms with Crippen LogP contribution in [0, 0.1) is 11.8 Å². The lowest BCUT2D eigenvalue weighted by atomic mass is 10.0. The molecule has 2 rings (SSSR count). The summed E-state index contributed by atoms with van der Waals surface area (Å²) >= 11 is 0. The third-order valence-corrected chi connectivity index (χ3v) is 3.33. The summed E-state index contributed by atoms with van der Waals surface area (Å²) in [5, 5.41) is 10.5. The topological polar surface area (TPSA) is 66.4 Å². The highest BCUT2D eigenvalue weighted by Gasteiger charge is 2.37. The number of rotatable bonds is 1. The molecule has 0 aliphatic carbocycles. The number of anilines is 1. The number of amides is 1. The maximum absolute atomic E-state index is 13.1. The number of nitrogens with one attached hydrogen (secondary N) is 1. The first-order valence-corrected chi connectivity index (χ1v) is 7.33. The SMILES string of the molecule is O=C(O)C(=O)Nc1ccc(C#Cc2ccc(C(F)(F)F)cc2C(F)(F)F)cc1. The lowest BCUT2D eigenvalue weighted by molar-refractivity contribution is -0.147. The Bertz CT molecular complexity index is 966. The Hall–Kier alpha value is -3.48. The second-order valence-corrected chi connectivity index (χ2v) is 5.34. The van der Waals surface area contributed by atoms with Crippen molar-refractivity contribution in [3.63, 3.8) is 0 Å². The van der Waals surface area contributed by atoms with Gasteiger partial charge in [-0.3, -0.25) is 4.79 Å². The van der Waals surface area contributed by atoms with Crippen LogP contribution in [0.2, 0.25) is 0 Å². The first kappa shape index (κ1) is 20.8. The fourth-order valence-electron chi connectivity index (χ4n) is 2.03. The van der Waals surface area contributed by atoms with Crippen LogP contribution in [-0.4, -0.2) is 17.0 Å². The number of carboxylic acids is 1. The van der Waals surface area contributed by atoms with E-state index in [1.165, 1.54) is 24.3 Å². The molecule has 0 aliphatic heterocycles. The van der Waals surface area contributed by atoms with Crippen molar-refractivity contribution in [1.82, 2.24) is 0 Å². The van der Waals surface area contributed by atoms with Crippen LogP contribution < -0.4 is 5.32 Å². The maximum atomic E-state index is 13.1. The minimum absolute atomic E-state index is 0.00541. The van der Waals surface area contributed by atoms with E-state index in [0.29, 0.717) is 12.1 Å². The van der Waals surface area contributed by atoms with Crippen molar-refractivity contribution in [1.29, 1.82) is 0 Å². The summed E-state index contributed by atoms with van der Waals surface area (Å²) in [4.78, 5) is 21.4. The van der Waals surface area contributed by atoms with E-state index >= 15 is 0 Å². The van der Waals surface area contributed by atoms with Crippen molar-refractivity contribution >= 4 is 17.6 Å². The lowest BCUT2D eigenvalue weighted by Gasteiger charge is -2.13. The number of alkyl halides is 6. The van der Waals surface area contributed by atoms with Gasteiger partial charge in [0.15, 0.2) is 0 Å². The molecule has 2 aromatic rings. The van der Waals surface area contributed by atoms with Gasteiger partial charge in [-0.2, -0.15) is 26.3 Å². The smallest absolute Gasteiger partial charge is 0.417 e. The third-order valence-electron chi connectivity index (χ3n) is 3.33. The molecule has 0 fully saturated rings. The molecule has 0 heterocycles. The highest BCUT2D eigenvalue weighted by Crippen LogP contribution is 2.37. The molecule has 0 radical (unpaired) electrons. The summed E-state index contributed by atoms with van der Waals surface area (Å²) in [7, 11) is 0. The zero-order valence-electron chi connectivity index (χ0n) is 13.6. The molecule has 1 amide bonds. The van der Waals surface area contributed by atoms with Gasteiger partial charge in [-0.25, -0.2) is 4.79 Å². The van der Waals surface area contributed by atoms with Crippen LogP contribution >= 0.6 is 0 Å². The van der Waals surface area contributed by atoms with Gasteiger partial charge < -0.3 is 10.4 Å². The van der Waals surface area contributed by atoms with Crippen LogP contribution in [0.4, 0.5) is 32.0 Å². The molecule has 0 aliphatic rings. The zero-order valence-corrected chi connectivity index (χ0v) is 13.6. The molecule has 146 valence electrons. The van der Waals surface area contributed by atoms with Crippen molar-refractivity contribution in [3.05, 3.63) is 64.7 Å². The van der Waals surface area contributed by atoms with Gasteiger partial charge in [0.2, 0.25) is 0 Å². The van der Waals surface area contributed by atoms with Crippen molar-refractivity contribution in [2.45, 2.75) is 12.4 Å². The van der Waals surface area contributed by atoms with Crippen LogP contribution in [0.25, 0.3) is 0 Å². The van der Waals surface area contributed by atoms with E-state index in [1.807, 2.05) is 5.32 Å². The summed E-state index contributed by atoms with van der Waals surface area (Å²) in [6.07, 6.45) is -9.96. The second-order valence-electron chi connectivity index (χ2n) is 5.34. The molecule has 2 aromatic carbocycles. The van der Waals surface area contributed by atoms with Crippen LogP contribution in [0.15, 0.2) is 42.5 Å². The molecule has 28 heavy (non-hydrogen) atoms. The van der Waals surface area contributed by atoms with Gasteiger partial charge in [0, 0.05) is 16.8 Å². The van der Waals surface area contributed by atoms with Gasteiger partial charge in [-0.15, -0.1) is 0 Å². The standard InChI is InChI=1S/C18H9F6NO3/c19-17(20,21)12-6-5-11(14(9-12)18(22,23)24)4-1-10-2-7-13(8-3-10)25-15(26)16(27)28/h2-3,5-9H,(H,25,26)(H,27,28). The molecule has 0 saturated heterocycles. The van der Waals surface area contributed by atoms with Crippen LogP contribution in [-0.2, 0) is 21.9 Å². The number of hydrogen-bond donors (Lipinski definition) is 2. The Kier molecular flexibility index (Phi) is 5.68. The summed E-state index contributed by atoms with van der Waals surface area (Å²) in [6, 6.07) is 6.26. The van der Waals surface area contributed by atoms with Crippen molar-refractivity contribution in [3.8, 4) is 11.8 Å². The van der Waals surface area contributed by atoms with Gasteiger partial charge >= 0.3 is 24.2 Å². The largest absolute Gasteiger partial charge is 0.474 e. The quantitative estimate of drug-likeness (QED) is 0.429. The van der Waals surface area contributed by atoms with E-state index < -0.39 is 40.9 Å². The average Bonchev–Trinajstić information content (AvgIpc) is 2.59. The van der Waals surface area contributed by atoms with E-state index in [1.54, 1.807) is 0 Å². The first-order chi connectivity index (χ1) is 12.9. The van der Waals surface area contributed by atoms with Crippen molar-refractivity contribution in [2.24, 2.45) is 0 Å². The molecular formula is C18H9F6NO3. The summed E-state index contributed by atoms with van der Waals surface area (Å²) in [6.45, 7) is 0. The Morgan fingerprint density at radius 1 is 0.857 bits per heavy atom. The predicted octanol–water partition coefficient (Wildman–Crippen LogP) is 4.15. The van der Waals surface area contributed by atoms with Gasteiger partial charge in [-0.05, 0) is 42.5 Å². The molecule has 0 aromatic heterocycles.